The number of benzene rings is 2. The number of halogens is 4. The van der Waals surface area contributed by atoms with Gasteiger partial charge in [-0.3, -0.25) is 9.59 Å². The number of amides is 2. The van der Waals surface area contributed by atoms with Crippen LogP contribution in [0.25, 0.3) is 0 Å². The third-order valence-corrected chi connectivity index (χ3v) is 11.3. The summed E-state index contributed by atoms with van der Waals surface area (Å²) in [6.07, 6.45) is 3.03. The maximum absolute atomic E-state index is 13.7. The summed E-state index contributed by atoms with van der Waals surface area (Å²) in [5, 5.41) is 15.6. The van der Waals surface area contributed by atoms with Crippen LogP contribution in [-0.4, -0.2) is 55.9 Å². The van der Waals surface area contributed by atoms with E-state index in [0.29, 0.717) is 44.6 Å². The largest absolute Gasteiger partial charge is 0.387 e. The van der Waals surface area contributed by atoms with Gasteiger partial charge in [0.1, 0.15) is 0 Å². The predicted octanol–water partition coefficient (Wildman–Crippen LogP) is 4.25. The lowest BCUT2D eigenvalue weighted by atomic mass is 9.74. The molecule has 41 heavy (non-hydrogen) atoms. The van der Waals surface area contributed by atoms with Crippen LogP contribution < -0.4 is 10.6 Å². The summed E-state index contributed by atoms with van der Waals surface area (Å²) >= 11 is 6.27. The maximum Gasteiger partial charge on any atom is 0.255 e. The van der Waals surface area contributed by atoms with Crippen molar-refractivity contribution in [1.82, 2.24) is 5.32 Å². The number of aliphatic hydroxyl groups is 1. The van der Waals surface area contributed by atoms with E-state index in [9.17, 15) is 36.3 Å². The average Bonchev–Trinajstić information content (AvgIpc) is 3.10. The fourth-order valence-electron chi connectivity index (χ4n) is 6.35. The van der Waals surface area contributed by atoms with Gasteiger partial charge in [0.15, 0.2) is 27.3 Å². The number of rotatable bonds is 7. The number of sulfone groups is 1. The smallest absolute Gasteiger partial charge is 0.255 e. The van der Waals surface area contributed by atoms with Gasteiger partial charge in [-0.1, -0.05) is 11.6 Å². The number of ether oxygens (including phenoxy) is 1. The standard InChI is InChI=1S/C28H30ClF3N2O6S/c29-21-6-3-15(27(36)34-19-11-22(30)25(32)23(31)12-19)8-24(21)41(38,39)20-9-17-4-5-18(10-20)28(17,37)14-33-26(35)16-2-1-7-40-13-16/h3,6,8,11-12,16-18,20,37H,1-2,4-5,7,9-10,13-14H2,(H,33,35)(H,34,36)/t16?,17-,18?,20?,28?/m0/s1. The predicted molar refractivity (Wildman–Crippen MR) is 144 cm³/mol. The lowest BCUT2D eigenvalue weighted by Crippen LogP contribution is -2.55. The molecule has 1 heterocycles. The first kappa shape index (κ1) is 29.8. The number of hydrogen-bond acceptors (Lipinski definition) is 6. The molecule has 2 aromatic carbocycles. The Balaban J connectivity index is 1.30. The third-order valence-electron chi connectivity index (χ3n) is 8.63. The monoisotopic (exact) mass is 614 g/mol. The maximum atomic E-state index is 13.7. The van der Waals surface area contributed by atoms with Gasteiger partial charge in [-0.15, -0.1) is 0 Å². The number of carbonyl (C=O) groups excluding carboxylic acids is 2. The molecule has 1 aliphatic heterocycles. The molecule has 2 amide bonds. The molecule has 222 valence electrons. The number of nitrogens with one attached hydrogen (secondary N) is 2. The third kappa shape index (κ3) is 5.84. The van der Waals surface area contributed by atoms with Gasteiger partial charge in [0, 0.05) is 36.5 Å². The van der Waals surface area contributed by atoms with Gasteiger partial charge in [0.25, 0.3) is 5.91 Å². The summed E-state index contributed by atoms with van der Waals surface area (Å²) in [4.78, 5) is 25.1. The summed E-state index contributed by atoms with van der Waals surface area (Å²) in [5.41, 5.74) is -1.72. The zero-order valence-corrected chi connectivity index (χ0v) is 23.5. The molecular weight excluding hydrogens is 585 g/mol. The Labute approximate surface area is 240 Å². The van der Waals surface area contributed by atoms with E-state index in [1.54, 1.807) is 0 Å². The normalized spacial score (nSPS) is 27.8. The first-order chi connectivity index (χ1) is 19.4. The van der Waals surface area contributed by atoms with Crippen molar-refractivity contribution in [2.75, 3.05) is 25.1 Å². The molecule has 0 spiro atoms. The van der Waals surface area contributed by atoms with Crippen molar-refractivity contribution in [3.05, 3.63) is 58.4 Å². The molecule has 2 aliphatic carbocycles. The Bertz CT molecular complexity index is 1430. The van der Waals surface area contributed by atoms with Gasteiger partial charge in [-0.25, -0.2) is 21.6 Å². The second-order valence-corrected chi connectivity index (χ2v) is 13.7. The molecule has 1 saturated heterocycles. The number of anilines is 1. The van der Waals surface area contributed by atoms with E-state index in [2.05, 4.69) is 10.6 Å². The van der Waals surface area contributed by atoms with Crippen LogP contribution in [0.2, 0.25) is 5.02 Å². The van der Waals surface area contributed by atoms with Crippen LogP contribution in [0, 0.1) is 35.2 Å². The van der Waals surface area contributed by atoms with Crippen molar-refractivity contribution < 1.29 is 41.0 Å². The molecule has 0 radical (unpaired) electrons. The van der Waals surface area contributed by atoms with E-state index in [-0.39, 0.29) is 64.2 Å². The molecule has 4 unspecified atom stereocenters. The molecule has 2 saturated carbocycles. The molecule has 2 bridgehead atoms. The Kier molecular flexibility index (Phi) is 8.39. The fraction of sp³-hybridized carbons (Fsp3) is 0.500. The average molecular weight is 615 g/mol. The van der Waals surface area contributed by atoms with Crippen LogP contribution in [0.4, 0.5) is 18.9 Å². The van der Waals surface area contributed by atoms with Crippen LogP contribution in [0.15, 0.2) is 35.2 Å². The lowest BCUT2D eigenvalue weighted by Gasteiger charge is -2.42. The molecular formula is C28H30ClF3N2O6S. The second kappa shape index (κ2) is 11.5. The van der Waals surface area contributed by atoms with Crippen molar-refractivity contribution in [2.24, 2.45) is 17.8 Å². The number of carbonyl (C=O) groups is 2. The Hall–Kier alpha value is -2.67. The highest BCUT2D eigenvalue weighted by molar-refractivity contribution is 7.92. The van der Waals surface area contributed by atoms with Crippen LogP contribution in [0.3, 0.4) is 0 Å². The Morgan fingerprint density at radius 3 is 2.32 bits per heavy atom. The number of hydrogen-bond donors (Lipinski definition) is 3. The number of fused-ring (bicyclic) bond motifs is 2. The highest BCUT2D eigenvalue weighted by Gasteiger charge is 2.55. The van der Waals surface area contributed by atoms with E-state index in [4.69, 9.17) is 16.3 Å². The first-order valence-corrected chi connectivity index (χ1v) is 15.4. The summed E-state index contributed by atoms with van der Waals surface area (Å²) < 4.78 is 73.3. The van der Waals surface area contributed by atoms with E-state index < -0.39 is 44.0 Å². The Morgan fingerprint density at radius 2 is 1.71 bits per heavy atom. The quantitative estimate of drug-likeness (QED) is 0.401. The summed E-state index contributed by atoms with van der Waals surface area (Å²) in [6, 6.07) is 4.81. The van der Waals surface area contributed by atoms with E-state index in [1.807, 2.05) is 0 Å². The van der Waals surface area contributed by atoms with Gasteiger partial charge < -0.3 is 20.5 Å². The van der Waals surface area contributed by atoms with Crippen LogP contribution in [-0.2, 0) is 19.4 Å². The minimum absolute atomic E-state index is 0.0332. The fourth-order valence-corrected chi connectivity index (χ4v) is 8.75. The SMILES string of the molecule is O=C(Nc1cc(F)c(F)c(F)c1)c1ccc(Cl)c(S(=O)(=O)C2CC3CC[C@@H](C2)C3(O)CNC(=O)C2CCCOC2)c1. The zero-order chi connectivity index (χ0) is 29.5. The van der Waals surface area contributed by atoms with Crippen LogP contribution in [0.5, 0.6) is 0 Å². The minimum Gasteiger partial charge on any atom is -0.387 e. The molecule has 3 fully saturated rings. The summed E-state index contributed by atoms with van der Waals surface area (Å²) in [6.45, 7) is 0.998. The minimum atomic E-state index is -4.06. The van der Waals surface area contributed by atoms with Crippen molar-refractivity contribution in [3.8, 4) is 0 Å². The molecule has 0 aromatic heterocycles. The zero-order valence-electron chi connectivity index (χ0n) is 22.0. The highest BCUT2D eigenvalue weighted by atomic mass is 35.5. The van der Waals surface area contributed by atoms with Crippen LogP contribution in [0.1, 0.15) is 48.9 Å². The van der Waals surface area contributed by atoms with Crippen LogP contribution >= 0.6 is 11.6 Å². The molecule has 5 atom stereocenters. The summed E-state index contributed by atoms with van der Waals surface area (Å²) in [7, 11) is -4.06. The summed E-state index contributed by atoms with van der Waals surface area (Å²) in [5.74, 6) is -6.72. The van der Waals surface area contributed by atoms with Crippen molar-refractivity contribution in [1.29, 1.82) is 0 Å². The van der Waals surface area contributed by atoms with E-state index in [0.717, 1.165) is 12.5 Å². The van der Waals surface area contributed by atoms with Crippen molar-refractivity contribution in [2.45, 2.75) is 54.3 Å². The van der Waals surface area contributed by atoms with Crippen molar-refractivity contribution >= 4 is 38.9 Å². The van der Waals surface area contributed by atoms with Crippen molar-refractivity contribution in [3.63, 3.8) is 0 Å². The molecule has 13 heteroatoms. The molecule has 8 nitrogen and oxygen atoms in total. The first-order valence-electron chi connectivity index (χ1n) is 13.5. The van der Waals surface area contributed by atoms with Gasteiger partial charge in [0.2, 0.25) is 5.91 Å². The van der Waals surface area contributed by atoms with Gasteiger partial charge in [-0.2, -0.15) is 0 Å². The van der Waals surface area contributed by atoms with Gasteiger partial charge in [-0.05, 0) is 68.6 Å². The molecule has 2 aromatic rings. The highest BCUT2D eigenvalue weighted by Crippen LogP contribution is 2.52. The molecule has 3 aliphatic rings. The Morgan fingerprint density at radius 1 is 1.05 bits per heavy atom. The van der Waals surface area contributed by atoms with Gasteiger partial charge >= 0.3 is 0 Å². The topological polar surface area (TPSA) is 122 Å². The van der Waals surface area contributed by atoms with E-state index in [1.165, 1.54) is 12.1 Å². The molecule has 3 N–H and O–H groups in total. The van der Waals surface area contributed by atoms with E-state index >= 15 is 0 Å². The second-order valence-electron chi connectivity index (χ2n) is 11.1. The lowest BCUT2D eigenvalue weighted by molar-refractivity contribution is -0.132. The van der Waals surface area contributed by atoms with Gasteiger partial charge in [0.05, 0.1) is 33.3 Å². The molecule has 5 rings (SSSR count).